The maximum Gasteiger partial charge on any atom is 0.335 e. The lowest BCUT2D eigenvalue weighted by molar-refractivity contribution is -0.142. The Balaban J connectivity index is 1.50. The Morgan fingerprint density at radius 2 is 1.68 bits per heavy atom. The first kappa shape index (κ1) is 26.9. The number of hydrogen-bond donors (Lipinski definition) is 2. The van der Waals surface area contributed by atoms with Gasteiger partial charge in [0.15, 0.2) is 11.6 Å². The number of carbonyl (C=O) groups excluding carboxylic acids is 4. The van der Waals surface area contributed by atoms with Gasteiger partial charge in [0, 0.05) is 11.8 Å². The van der Waals surface area contributed by atoms with Crippen LogP contribution in [0.1, 0.15) is 61.0 Å². The molecule has 210 valence electrons. The van der Waals surface area contributed by atoms with Crippen molar-refractivity contribution in [2.75, 3.05) is 4.90 Å². The highest BCUT2D eigenvalue weighted by atomic mass is 16.4. The van der Waals surface area contributed by atoms with Crippen LogP contribution >= 0.6 is 0 Å². The summed E-state index contributed by atoms with van der Waals surface area (Å²) in [5, 5.41) is 19.7. The number of carboxylic acid groups (broad SMARTS) is 1. The number of nitrogens with zero attached hydrogens (tertiary/aromatic N) is 1. The fourth-order valence-electron chi connectivity index (χ4n) is 7.85. The lowest BCUT2D eigenvalue weighted by Crippen LogP contribution is -2.55. The maximum absolute atomic E-state index is 14.1. The van der Waals surface area contributed by atoms with Crippen LogP contribution in [0.3, 0.4) is 0 Å². The van der Waals surface area contributed by atoms with E-state index in [1.807, 2.05) is 19.1 Å². The van der Waals surface area contributed by atoms with Crippen LogP contribution in [-0.4, -0.2) is 39.6 Å². The number of carbonyl (C=O) groups is 5. The zero-order valence-electron chi connectivity index (χ0n) is 23.3. The molecule has 8 heteroatoms. The fourth-order valence-corrected chi connectivity index (χ4v) is 7.85. The van der Waals surface area contributed by atoms with Crippen LogP contribution in [0, 0.1) is 36.0 Å². The van der Waals surface area contributed by atoms with E-state index < -0.39 is 46.9 Å². The monoisotopic (exact) mass is 553 g/mol. The number of carboxylic acids is 1. The van der Waals surface area contributed by atoms with Crippen LogP contribution in [0.15, 0.2) is 65.3 Å². The molecule has 41 heavy (non-hydrogen) atoms. The van der Waals surface area contributed by atoms with Gasteiger partial charge < -0.3 is 10.2 Å². The summed E-state index contributed by atoms with van der Waals surface area (Å²) in [5.41, 5.74) is 2.23. The molecule has 0 spiro atoms. The number of benzene rings is 2. The number of aromatic hydroxyl groups is 1. The minimum absolute atomic E-state index is 0.0306. The van der Waals surface area contributed by atoms with Crippen LogP contribution in [0.2, 0.25) is 0 Å². The molecule has 1 saturated heterocycles. The number of allylic oxidation sites excluding steroid dienone is 4. The summed E-state index contributed by atoms with van der Waals surface area (Å²) in [6.45, 7) is 6.98. The van der Waals surface area contributed by atoms with Crippen molar-refractivity contribution in [2.45, 2.75) is 46.5 Å². The molecule has 1 heterocycles. The summed E-state index contributed by atoms with van der Waals surface area (Å²) in [6.07, 6.45) is 2.52. The van der Waals surface area contributed by atoms with Crippen LogP contribution in [0.4, 0.5) is 5.69 Å². The molecule has 2 aromatic carbocycles. The van der Waals surface area contributed by atoms with Crippen molar-refractivity contribution in [2.24, 2.45) is 29.1 Å². The van der Waals surface area contributed by atoms with Gasteiger partial charge in [0.05, 0.1) is 28.5 Å². The van der Waals surface area contributed by atoms with Gasteiger partial charge in [0.1, 0.15) is 5.75 Å². The van der Waals surface area contributed by atoms with Crippen LogP contribution < -0.4 is 4.90 Å². The first-order chi connectivity index (χ1) is 19.4. The van der Waals surface area contributed by atoms with Gasteiger partial charge in [-0.05, 0) is 86.1 Å². The first-order valence-corrected chi connectivity index (χ1v) is 13.8. The van der Waals surface area contributed by atoms with E-state index in [-0.39, 0.29) is 40.9 Å². The van der Waals surface area contributed by atoms with Crippen molar-refractivity contribution in [1.82, 2.24) is 0 Å². The average Bonchev–Trinajstić information content (AvgIpc) is 3.21. The Bertz CT molecular complexity index is 1650. The Morgan fingerprint density at radius 3 is 2.37 bits per heavy atom. The van der Waals surface area contributed by atoms with E-state index in [1.165, 1.54) is 18.2 Å². The minimum Gasteiger partial charge on any atom is -0.508 e. The molecular formula is C33H31NO7. The van der Waals surface area contributed by atoms with E-state index >= 15 is 0 Å². The second-order valence-electron chi connectivity index (χ2n) is 12.0. The molecule has 0 radical (unpaired) electrons. The van der Waals surface area contributed by atoms with Gasteiger partial charge in [0.25, 0.3) is 0 Å². The second kappa shape index (κ2) is 9.09. The SMILES string of the molecule is CC1=C(C)C(=O)[C@@]2(C)[C@@H](c3ccc(O)c(C)c3)C3=CC[C@@H]4C(=O)N(c5cccc(C(=O)O)c5)C(=O)[C@@H]4[C@@H]3C[C@H]2C1=O. The van der Waals surface area contributed by atoms with E-state index in [0.29, 0.717) is 23.1 Å². The third kappa shape index (κ3) is 3.62. The van der Waals surface area contributed by atoms with E-state index in [0.717, 1.165) is 16.0 Å². The van der Waals surface area contributed by atoms with Gasteiger partial charge in [-0.2, -0.15) is 0 Å². The molecule has 2 N–H and O–H groups in total. The lowest BCUT2D eigenvalue weighted by atomic mass is 9.46. The van der Waals surface area contributed by atoms with Gasteiger partial charge in [-0.15, -0.1) is 0 Å². The number of amides is 2. The number of aryl methyl sites for hydroxylation is 1. The van der Waals surface area contributed by atoms with Crippen LogP contribution in [0.25, 0.3) is 0 Å². The quantitative estimate of drug-likeness (QED) is 0.415. The Hall–Kier alpha value is -4.33. The number of ketones is 2. The summed E-state index contributed by atoms with van der Waals surface area (Å²) >= 11 is 0. The molecule has 0 bridgehead atoms. The number of aromatic carboxylic acids is 1. The summed E-state index contributed by atoms with van der Waals surface area (Å²) in [5.74, 6) is -5.13. The number of Topliss-reactive ketones (excluding diaryl/α,β-unsaturated/α-hetero) is 2. The lowest BCUT2D eigenvalue weighted by Gasteiger charge is -2.54. The molecule has 1 aliphatic heterocycles. The highest BCUT2D eigenvalue weighted by molar-refractivity contribution is 6.23. The normalized spacial score (nSPS) is 31.1. The molecule has 8 nitrogen and oxygen atoms in total. The number of rotatable bonds is 3. The highest BCUT2D eigenvalue weighted by Gasteiger charge is 2.64. The largest absolute Gasteiger partial charge is 0.508 e. The summed E-state index contributed by atoms with van der Waals surface area (Å²) in [7, 11) is 0. The molecule has 6 atom stereocenters. The Kier molecular flexibility index (Phi) is 5.96. The second-order valence-corrected chi connectivity index (χ2v) is 12.0. The number of phenols is 1. The van der Waals surface area contributed by atoms with Crippen molar-refractivity contribution in [1.29, 1.82) is 0 Å². The van der Waals surface area contributed by atoms with E-state index in [1.54, 1.807) is 39.0 Å². The average molecular weight is 554 g/mol. The third-order valence-electron chi connectivity index (χ3n) is 10.1. The first-order valence-electron chi connectivity index (χ1n) is 13.8. The molecule has 2 aromatic rings. The Labute approximate surface area is 237 Å². The maximum atomic E-state index is 14.1. The van der Waals surface area contributed by atoms with Crippen molar-refractivity contribution in [3.8, 4) is 5.75 Å². The Morgan fingerprint density at radius 1 is 0.951 bits per heavy atom. The van der Waals surface area contributed by atoms with Gasteiger partial charge in [-0.1, -0.05) is 36.8 Å². The molecule has 1 saturated carbocycles. The smallest absolute Gasteiger partial charge is 0.335 e. The van der Waals surface area contributed by atoms with E-state index in [9.17, 15) is 34.2 Å². The van der Waals surface area contributed by atoms with Crippen molar-refractivity contribution in [3.05, 3.63) is 82.0 Å². The zero-order valence-corrected chi connectivity index (χ0v) is 23.3. The topological polar surface area (TPSA) is 129 Å². The molecule has 4 aliphatic rings. The molecule has 0 unspecified atom stereocenters. The fraction of sp³-hybridized carbons (Fsp3) is 0.364. The van der Waals surface area contributed by atoms with Gasteiger partial charge in [-0.3, -0.25) is 24.1 Å². The summed E-state index contributed by atoms with van der Waals surface area (Å²) in [4.78, 5) is 68.3. The number of imide groups is 1. The van der Waals surface area contributed by atoms with Crippen molar-refractivity contribution in [3.63, 3.8) is 0 Å². The van der Waals surface area contributed by atoms with Gasteiger partial charge in [-0.25, -0.2) is 4.79 Å². The number of phenolic OH excluding ortho intramolecular Hbond substituents is 1. The zero-order chi connectivity index (χ0) is 29.5. The molecule has 2 amide bonds. The summed E-state index contributed by atoms with van der Waals surface area (Å²) < 4.78 is 0. The molecule has 3 aliphatic carbocycles. The number of anilines is 1. The summed E-state index contributed by atoms with van der Waals surface area (Å²) in [6, 6.07) is 11.0. The number of fused-ring (bicyclic) bond motifs is 4. The van der Waals surface area contributed by atoms with Crippen LogP contribution in [0.5, 0.6) is 5.75 Å². The minimum atomic E-state index is -1.16. The molecule has 2 fully saturated rings. The standard InChI is InChI=1S/C33H31NO7/c1-15-12-18(8-11-25(15)35)27-21-9-10-22-26(23(21)14-24-28(36)16(2)17(3)29(37)33(24,27)4)31(39)34(30(22)38)20-7-5-6-19(13-20)32(40)41/h5-9,11-13,22-24,26-27,35H,10,14H2,1-4H3,(H,40,41)/t22-,23+,24-,26-,27-,33+/m0/s1. The van der Waals surface area contributed by atoms with Gasteiger partial charge in [0.2, 0.25) is 11.8 Å². The van der Waals surface area contributed by atoms with Gasteiger partial charge >= 0.3 is 5.97 Å². The molecule has 0 aromatic heterocycles. The molecule has 6 rings (SSSR count). The third-order valence-corrected chi connectivity index (χ3v) is 10.1. The highest BCUT2D eigenvalue weighted by Crippen LogP contribution is 2.63. The predicted octanol–water partition coefficient (Wildman–Crippen LogP) is 4.75. The van der Waals surface area contributed by atoms with Crippen LogP contribution in [-0.2, 0) is 19.2 Å². The number of hydrogen-bond acceptors (Lipinski definition) is 6. The van der Waals surface area contributed by atoms with Crippen molar-refractivity contribution >= 4 is 35.0 Å². The van der Waals surface area contributed by atoms with E-state index in [4.69, 9.17) is 0 Å². The van der Waals surface area contributed by atoms with Crippen molar-refractivity contribution < 1.29 is 34.2 Å². The predicted molar refractivity (Wildman–Crippen MR) is 149 cm³/mol. The van der Waals surface area contributed by atoms with E-state index in [2.05, 4.69) is 0 Å². The molecular weight excluding hydrogens is 522 g/mol.